The van der Waals surface area contributed by atoms with Crippen LogP contribution in [0.3, 0.4) is 0 Å². The molecule has 2 aromatic rings. The summed E-state index contributed by atoms with van der Waals surface area (Å²) in [5.74, 6) is -0.206. The molecule has 120 valence electrons. The van der Waals surface area contributed by atoms with Gasteiger partial charge in [0.15, 0.2) is 12.0 Å². The highest BCUT2D eigenvalue weighted by Gasteiger charge is 2.31. The number of carbonyl (C=O) groups is 1. The summed E-state index contributed by atoms with van der Waals surface area (Å²) in [6.07, 6.45) is 2.82. The van der Waals surface area contributed by atoms with Crippen molar-refractivity contribution in [3.05, 3.63) is 28.8 Å². The van der Waals surface area contributed by atoms with Gasteiger partial charge in [-0.25, -0.2) is 4.48 Å². The molecule has 0 saturated carbocycles. The van der Waals surface area contributed by atoms with Gasteiger partial charge in [-0.3, -0.25) is 10.1 Å². The lowest BCUT2D eigenvalue weighted by atomic mass is 10.1. The van der Waals surface area contributed by atoms with Gasteiger partial charge in [0.25, 0.3) is 5.91 Å². The summed E-state index contributed by atoms with van der Waals surface area (Å²) >= 11 is 1.35. The maximum Gasteiger partial charge on any atom is 0.257 e. The summed E-state index contributed by atoms with van der Waals surface area (Å²) in [5.41, 5.74) is 8.07. The third kappa shape index (κ3) is 3.14. The smallest absolute Gasteiger partial charge is 0.257 e. The number of aryl methyl sites for hydroxylation is 1. The van der Waals surface area contributed by atoms with Crippen molar-refractivity contribution in [3.63, 3.8) is 0 Å². The van der Waals surface area contributed by atoms with Gasteiger partial charge in [0.2, 0.25) is 5.13 Å². The lowest BCUT2D eigenvalue weighted by molar-refractivity contribution is 0.102. The minimum atomic E-state index is -0.206. The fourth-order valence-corrected chi connectivity index (χ4v) is 3.15. The van der Waals surface area contributed by atoms with Crippen molar-refractivity contribution in [1.82, 2.24) is 14.7 Å². The molecular formula is C15H19N6OS+. The number of aromatic nitrogens is 2. The number of aliphatic imine (C=N–C) groups is 1. The van der Waals surface area contributed by atoms with E-state index in [1.807, 2.05) is 25.4 Å². The second-order valence-electron chi connectivity index (χ2n) is 5.66. The van der Waals surface area contributed by atoms with Gasteiger partial charge in [0.1, 0.15) is 10.7 Å². The fraction of sp³-hybridized carbons (Fsp3) is 0.333. The van der Waals surface area contributed by atoms with E-state index in [-0.39, 0.29) is 5.91 Å². The number of hydrogen-bond donors (Lipinski definition) is 2. The van der Waals surface area contributed by atoms with Crippen LogP contribution in [0.1, 0.15) is 21.8 Å². The van der Waals surface area contributed by atoms with Crippen molar-refractivity contribution in [2.75, 3.05) is 25.5 Å². The zero-order valence-electron chi connectivity index (χ0n) is 13.1. The average Bonchev–Trinajstić information content (AvgIpc) is 3.09. The highest BCUT2D eigenvalue weighted by Crippen LogP contribution is 2.37. The second kappa shape index (κ2) is 6.15. The van der Waals surface area contributed by atoms with Gasteiger partial charge in [-0.15, -0.1) is 10.2 Å². The van der Waals surface area contributed by atoms with Crippen molar-refractivity contribution < 1.29 is 4.79 Å². The van der Waals surface area contributed by atoms with Gasteiger partial charge in [-0.2, -0.15) is 4.99 Å². The van der Waals surface area contributed by atoms with Gasteiger partial charge in [-0.1, -0.05) is 11.3 Å². The molecule has 3 N–H and O–H groups in total. The van der Waals surface area contributed by atoms with Gasteiger partial charge in [0.05, 0.1) is 13.6 Å². The third-order valence-electron chi connectivity index (χ3n) is 3.81. The van der Waals surface area contributed by atoms with Crippen LogP contribution in [0.15, 0.2) is 23.2 Å². The summed E-state index contributed by atoms with van der Waals surface area (Å²) < 4.78 is 0.615. The Morgan fingerprint density at radius 3 is 2.91 bits per heavy atom. The number of nitrogens with one attached hydrogen (secondary N) is 1. The first-order chi connectivity index (χ1) is 11.0. The number of benzene rings is 1. The predicted octanol–water partition coefficient (Wildman–Crippen LogP) is 2.06. The van der Waals surface area contributed by atoms with Crippen molar-refractivity contribution in [2.45, 2.75) is 13.3 Å². The monoisotopic (exact) mass is 331 g/mol. The molecule has 1 aromatic heterocycles. The summed E-state index contributed by atoms with van der Waals surface area (Å²) in [7, 11) is 2.09. The van der Waals surface area contributed by atoms with Crippen LogP contribution in [-0.2, 0) is 0 Å². The van der Waals surface area contributed by atoms with Gasteiger partial charge in [-0.05, 0) is 25.6 Å². The molecule has 1 aliphatic heterocycles. The van der Waals surface area contributed by atoms with Crippen LogP contribution in [-0.4, -0.2) is 42.6 Å². The lowest BCUT2D eigenvalue weighted by Gasteiger charge is -2.25. The lowest BCUT2D eigenvalue weighted by Crippen LogP contribution is -2.43. The van der Waals surface area contributed by atoms with Crippen LogP contribution in [0.4, 0.5) is 16.5 Å². The van der Waals surface area contributed by atoms with Crippen molar-refractivity contribution >= 4 is 40.1 Å². The molecule has 1 aliphatic rings. The molecule has 0 saturated heterocycles. The van der Waals surface area contributed by atoms with E-state index < -0.39 is 0 Å². The molecule has 0 aliphatic carbocycles. The second-order valence-corrected chi connectivity index (χ2v) is 6.84. The molecule has 0 radical (unpaired) electrons. The Kier molecular flexibility index (Phi) is 4.20. The zero-order valence-corrected chi connectivity index (χ0v) is 13.9. The molecule has 1 aromatic carbocycles. The largest absolute Gasteiger partial charge is 0.330 e. The van der Waals surface area contributed by atoms with Gasteiger partial charge < -0.3 is 5.73 Å². The van der Waals surface area contributed by atoms with E-state index in [9.17, 15) is 4.79 Å². The molecule has 8 heteroatoms. The molecule has 7 nitrogen and oxygen atoms in total. The normalized spacial score (nSPS) is 18.9. The van der Waals surface area contributed by atoms with Crippen LogP contribution in [0, 0.1) is 6.92 Å². The van der Waals surface area contributed by atoms with Crippen LogP contribution in [0.5, 0.6) is 0 Å². The number of rotatable bonds is 5. The molecule has 3 rings (SSSR count). The molecule has 1 atom stereocenters. The molecule has 1 amide bonds. The molecule has 0 spiro atoms. The first-order valence-corrected chi connectivity index (χ1v) is 8.20. The topological polar surface area (TPSA) is 93.3 Å². The Bertz CT molecular complexity index is 771. The minimum absolute atomic E-state index is 0.206. The highest BCUT2D eigenvalue weighted by molar-refractivity contribution is 7.15. The Balaban J connectivity index is 1.79. The van der Waals surface area contributed by atoms with Crippen molar-refractivity contribution in [2.24, 2.45) is 10.7 Å². The average molecular weight is 331 g/mol. The molecule has 0 bridgehead atoms. The number of hydrogen-bond acceptors (Lipinski definition) is 6. The number of quaternary nitrogens is 1. The van der Waals surface area contributed by atoms with Crippen molar-refractivity contribution in [3.8, 4) is 0 Å². The number of anilines is 1. The van der Waals surface area contributed by atoms with E-state index in [2.05, 4.69) is 27.6 Å². The van der Waals surface area contributed by atoms with E-state index in [1.165, 1.54) is 11.3 Å². The summed E-state index contributed by atoms with van der Waals surface area (Å²) in [5, 5.41) is 11.9. The zero-order chi connectivity index (χ0) is 16.4. The van der Waals surface area contributed by atoms with Gasteiger partial charge >= 0.3 is 0 Å². The summed E-state index contributed by atoms with van der Waals surface area (Å²) in [6.45, 7) is 3.39. The number of nitrogens with two attached hydrogens (primary N) is 1. The quantitative estimate of drug-likeness (QED) is 0.820. The van der Waals surface area contributed by atoms with E-state index in [4.69, 9.17) is 5.73 Å². The van der Waals surface area contributed by atoms with Crippen LogP contribution >= 0.6 is 11.3 Å². The predicted molar refractivity (Wildman–Crippen MR) is 93.4 cm³/mol. The molecule has 0 fully saturated rings. The Labute approximate surface area is 138 Å². The SMILES string of the molecule is Cc1nnc(NC(=O)c2ccc3c(c2)N=C[N+]3(C)CCCN)s1. The maximum atomic E-state index is 12.3. The summed E-state index contributed by atoms with van der Waals surface area (Å²) in [6, 6.07) is 5.58. The fourth-order valence-electron chi connectivity index (χ4n) is 2.57. The first-order valence-electron chi connectivity index (χ1n) is 7.38. The Hall–Kier alpha value is -2.16. The van der Waals surface area contributed by atoms with E-state index in [0.29, 0.717) is 21.7 Å². The van der Waals surface area contributed by atoms with Crippen LogP contribution < -0.4 is 15.5 Å². The number of nitrogens with zero attached hydrogens (tertiary/aromatic N) is 4. The Morgan fingerprint density at radius 1 is 1.39 bits per heavy atom. The maximum absolute atomic E-state index is 12.3. The molecule has 1 unspecified atom stereocenters. The number of fused-ring (bicyclic) bond motifs is 1. The Morgan fingerprint density at radius 2 is 2.22 bits per heavy atom. The first kappa shape index (κ1) is 15.7. The van der Waals surface area contributed by atoms with Crippen LogP contribution in [0.25, 0.3) is 0 Å². The van der Waals surface area contributed by atoms with E-state index in [1.54, 1.807) is 6.07 Å². The van der Waals surface area contributed by atoms with Crippen molar-refractivity contribution in [1.29, 1.82) is 0 Å². The minimum Gasteiger partial charge on any atom is -0.330 e. The van der Waals surface area contributed by atoms with E-state index >= 15 is 0 Å². The molecule has 2 heterocycles. The number of carbonyl (C=O) groups excluding carboxylic acids is 1. The van der Waals surface area contributed by atoms with Crippen LogP contribution in [0.2, 0.25) is 0 Å². The molecule has 23 heavy (non-hydrogen) atoms. The molecular weight excluding hydrogens is 312 g/mol. The van der Waals surface area contributed by atoms with E-state index in [0.717, 1.165) is 29.3 Å². The number of amides is 1. The third-order valence-corrected chi connectivity index (χ3v) is 4.57. The summed E-state index contributed by atoms with van der Waals surface area (Å²) in [4.78, 5) is 16.8. The highest BCUT2D eigenvalue weighted by atomic mass is 32.1. The van der Waals surface area contributed by atoms with Gasteiger partial charge in [0, 0.05) is 18.1 Å². The standard InChI is InChI=1S/C15H18N6OS/c1-10-19-20-15(23-10)18-14(22)11-4-5-13-12(8-11)17-9-21(13,2)7-3-6-16/h4-5,8-9H,3,6-7,16H2,1-2H3/p+1.